The minimum absolute atomic E-state index is 0.216. The average Bonchev–Trinajstić information content (AvgIpc) is 2.82. The highest BCUT2D eigenvalue weighted by atomic mass is 16.2. The van der Waals surface area contributed by atoms with Gasteiger partial charge in [0.05, 0.1) is 12.4 Å². The molecule has 1 rings (SSSR count). The van der Waals surface area contributed by atoms with E-state index in [9.17, 15) is 19.2 Å². The Bertz CT molecular complexity index is 1080. The van der Waals surface area contributed by atoms with E-state index in [1.165, 1.54) is 30.6 Å². The zero-order chi connectivity index (χ0) is 24.7. The van der Waals surface area contributed by atoms with Gasteiger partial charge in [-0.05, 0) is 18.2 Å². The van der Waals surface area contributed by atoms with Gasteiger partial charge in [0, 0.05) is 18.8 Å². The van der Waals surface area contributed by atoms with E-state index in [-0.39, 0.29) is 12.2 Å². The van der Waals surface area contributed by atoms with Crippen LogP contribution < -0.4 is 5.32 Å². The quantitative estimate of drug-likeness (QED) is 0.595. The SMILES string of the molecule is O=C1C=CC=CC=CC=CC=CC=CC=CC=CNC(=O)N=CC(=O)N=CC(=O)N=CCC=C1. The number of urea groups is 1. The molecule has 4 amide bonds. The topological polar surface area (TPSA) is 117 Å². The van der Waals surface area contributed by atoms with E-state index in [1.807, 2.05) is 42.5 Å². The number of hydrogen-bond donors (Lipinski definition) is 1. The van der Waals surface area contributed by atoms with Crippen molar-refractivity contribution >= 4 is 42.3 Å². The van der Waals surface area contributed by atoms with Crippen LogP contribution in [0.5, 0.6) is 0 Å². The summed E-state index contributed by atoms with van der Waals surface area (Å²) in [6.45, 7) is 0. The molecule has 0 aromatic carbocycles. The number of hydrogen-bond acceptors (Lipinski definition) is 4. The lowest BCUT2D eigenvalue weighted by atomic mass is 10.3. The van der Waals surface area contributed by atoms with E-state index in [4.69, 9.17) is 0 Å². The van der Waals surface area contributed by atoms with Gasteiger partial charge in [0.25, 0.3) is 11.8 Å². The van der Waals surface area contributed by atoms with E-state index < -0.39 is 17.8 Å². The molecule has 0 bridgehead atoms. The monoisotopic (exact) mass is 456 g/mol. The number of amides is 4. The fourth-order valence-electron chi connectivity index (χ4n) is 1.88. The molecule has 1 aliphatic heterocycles. The number of carbonyl (C=O) groups excluding carboxylic acids is 4. The van der Waals surface area contributed by atoms with Crippen LogP contribution >= 0.6 is 0 Å². The summed E-state index contributed by atoms with van der Waals surface area (Å²) in [5.41, 5.74) is 0. The summed E-state index contributed by atoms with van der Waals surface area (Å²) in [5.74, 6) is -1.87. The van der Waals surface area contributed by atoms with E-state index >= 15 is 0 Å². The highest BCUT2D eigenvalue weighted by Gasteiger charge is 1.97. The first-order valence-corrected chi connectivity index (χ1v) is 10.1. The van der Waals surface area contributed by atoms with Gasteiger partial charge in [0.15, 0.2) is 5.78 Å². The summed E-state index contributed by atoms with van der Waals surface area (Å²) in [4.78, 5) is 56.5. The second kappa shape index (κ2) is 18.9. The number of ketones is 1. The van der Waals surface area contributed by atoms with Crippen molar-refractivity contribution in [3.8, 4) is 0 Å². The van der Waals surface area contributed by atoms with Crippen LogP contribution in [0.1, 0.15) is 6.42 Å². The van der Waals surface area contributed by atoms with Crippen LogP contribution in [0, 0.1) is 0 Å². The number of carbonyl (C=O) groups is 4. The molecule has 0 unspecified atom stereocenters. The average molecular weight is 457 g/mol. The summed E-state index contributed by atoms with van der Waals surface area (Å²) in [7, 11) is 0. The lowest BCUT2D eigenvalue weighted by Crippen LogP contribution is -2.13. The Kier molecular flexibility index (Phi) is 15.1. The smallest absolute Gasteiger partial charge is 0.313 e. The van der Waals surface area contributed by atoms with Gasteiger partial charge in [-0.3, -0.25) is 14.4 Å². The standard InChI is InChI=1S/C26H24N4O4/c31-23-17-13-11-9-7-5-3-1-2-4-6-8-10-12-15-20-28-26(34)30-22-25(33)29-21-24(32)27-19-16-14-18-23/h1-15,17-22H,16H2,(H,28,34). The van der Waals surface area contributed by atoms with Gasteiger partial charge in [-0.1, -0.05) is 85.1 Å². The van der Waals surface area contributed by atoms with Gasteiger partial charge in [-0.2, -0.15) is 4.99 Å². The van der Waals surface area contributed by atoms with Gasteiger partial charge in [0.1, 0.15) is 0 Å². The largest absolute Gasteiger partial charge is 0.345 e. The van der Waals surface area contributed by atoms with Crippen LogP contribution in [0.2, 0.25) is 0 Å². The van der Waals surface area contributed by atoms with Gasteiger partial charge in [0.2, 0.25) is 0 Å². The Morgan fingerprint density at radius 1 is 0.559 bits per heavy atom. The van der Waals surface area contributed by atoms with Crippen molar-refractivity contribution in [3.05, 3.63) is 109 Å². The maximum Gasteiger partial charge on any atom is 0.345 e. The first kappa shape index (κ1) is 27.2. The van der Waals surface area contributed by atoms with Crippen molar-refractivity contribution in [2.45, 2.75) is 6.42 Å². The summed E-state index contributed by atoms with van der Waals surface area (Å²) >= 11 is 0. The van der Waals surface area contributed by atoms with Crippen molar-refractivity contribution in [2.75, 3.05) is 0 Å². The molecule has 0 spiro atoms. The Morgan fingerprint density at radius 3 is 1.68 bits per heavy atom. The van der Waals surface area contributed by atoms with Crippen molar-refractivity contribution in [1.82, 2.24) is 5.32 Å². The Balaban J connectivity index is 2.80. The molecule has 1 N–H and O–H groups in total. The van der Waals surface area contributed by atoms with Crippen molar-refractivity contribution in [2.24, 2.45) is 15.0 Å². The Morgan fingerprint density at radius 2 is 1.06 bits per heavy atom. The third-order valence-electron chi connectivity index (χ3n) is 3.34. The third kappa shape index (κ3) is 16.9. The third-order valence-corrected chi connectivity index (χ3v) is 3.34. The first-order valence-electron chi connectivity index (χ1n) is 10.1. The van der Waals surface area contributed by atoms with Crippen molar-refractivity contribution in [3.63, 3.8) is 0 Å². The summed E-state index contributed by atoms with van der Waals surface area (Å²) in [5, 5.41) is 2.34. The zero-order valence-corrected chi connectivity index (χ0v) is 18.3. The molecule has 0 radical (unpaired) electrons. The predicted molar refractivity (Wildman–Crippen MR) is 136 cm³/mol. The number of rotatable bonds is 0. The lowest BCUT2D eigenvalue weighted by Gasteiger charge is -1.89. The van der Waals surface area contributed by atoms with Crippen LogP contribution in [0.4, 0.5) is 4.79 Å². The second-order valence-electron chi connectivity index (χ2n) is 6.02. The van der Waals surface area contributed by atoms with Gasteiger partial charge in [-0.15, -0.1) is 0 Å². The maximum atomic E-state index is 11.7. The van der Waals surface area contributed by atoms with Crippen molar-refractivity contribution < 1.29 is 19.2 Å². The molecule has 0 aliphatic carbocycles. The predicted octanol–water partition coefficient (Wildman–Crippen LogP) is 3.90. The molecule has 1 aliphatic rings. The van der Waals surface area contributed by atoms with Crippen LogP contribution in [-0.2, 0) is 14.4 Å². The van der Waals surface area contributed by atoms with Crippen LogP contribution in [-0.4, -0.2) is 42.3 Å². The normalized spacial score (nSPS) is 16.9. The number of nitrogens with zero attached hydrogens (tertiary/aromatic N) is 3. The Labute approximate surface area is 198 Å². The fourth-order valence-corrected chi connectivity index (χ4v) is 1.88. The molecule has 1 heterocycles. The van der Waals surface area contributed by atoms with E-state index in [2.05, 4.69) is 20.3 Å². The van der Waals surface area contributed by atoms with E-state index in [0.717, 1.165) is 0 Å². The van der Waals surface area contributed by atoms with E-state index in [1.54, 1.807) is 42.5 Å². The Hall–Kier alpha value is -4.85. The highest BCUT2D eigenvalue weighted by Crippen LogP contribution is 1.89. The molecule has 0 saturated carbocycles. The molecular formula is C26H24N4O4. The molecular weight excluding hydrogens is 432 g/mol. The molecule has 172 valence electrons. The van der Waals surface area contributed by atoms with Crippen LogP contribution in [0.25, 0.3) is 0 Å². The van der Waals surface area contributed by atoms with E-state index in [0.29, 0.717) is 12.4 Å². The summed E-state index contributed by atoms with van der Waals surface area (Å²) < 4.78 is 0. The fraction of sp³-hybridized carbons (Fsp3) is 0.0385. The maximum absolute atomic E-state index is 11.7. The zero-order valence-electron chi connectivity index (χ0n) is 18.3. The highest BCUT2D eigenvalue weighted by molar-refractivity contribution is 6.36. The number of aliphatic imine (C=N–C) groups is 3. The van der Waals surface area contributed by atoms with Gasteiger partial charge < -0.3 is 5.32 Å². The minimum atomic E-state index is -0.892. The minimum Gasteiger partial charge on any atom is -0.313 e. The molecule has 8 nitrogen and oxygen atoms in total. The molecule has 0 aromatic rings. The summed E-state index contributed by atoms with van der Waals surface area (Å²) in [6, 6.07) is -0.775. The van der Waals surface area contributed by atoms with Crippen molar-refractivity contribution in [1.29, 1.82) is 0 Å². The molecule has 0 aromatic heterocycles. The molecule has 0 atom stereocenters. The molecule has 8 heteroatoms. The second-order valence-corrected chi connectivity index (χ2v) is 6.02. The molecule has 0 saturated heterocycles. The van der Waals surface area contributed by atoms with Gasteiger partial charge >= 0.3 is 6.03 Å². The van der Waals surface area contributed by atoms with Gasteiger partial charge in [-0.25, -0.2) is 14.8 Å². The lowest BCUT2D eigenvalue weighted by molar-refractivity contribution is -0.113. The van der Waals surface area contributed by atoms with Crippen LogP contribution in [0.15, 0.2) is 124 Å². The summed E-state index contributed by atoms with van der Waals surface area (Å²) in [6.07, 6.45) is 33.5. The number of allylic oxidation sites excluding steroid dienone is 17. The first-order chi connectivity index (χ1) is 16.6. The van der Waals surface area contributed by atoms with Crippen LogP contribution in [0.3, 0.4) is 0 Å². The number of nitrogens with one attached hydrogen (secondary N) is 1. The molecule has 0 fully saturated rings. The molecule has 34 heavy (non-hydrogen) atoms.